The summed E-state index contributed by atoms with van der Waals surface area (Å²) in [5, 5.41) is 5.38. The summed E-state index contributed by atoms with van der Waals surface area (Å²) in [5.41, 5.74) is 6.74. The van der Waals surface area contributed by atoms with Crippen molar-refractivity contribution in [1.82, 2.24) is 0 Å². The Kier molecular flexibility index (Phi) is 7.96. The number of benzene rings is 2. The maximum atomic E-state index is 13.0. The van der Waals surface area contributed by atoms with E-state index >= 15 is 0 Å². The first-order valence-corrected chi connectivity index (χ1v) is 6.84. The first-order valence-electron chi connectivity index (χ1n) is 6.84. The third-order valence-corrected chi connectivity index (χ3v) is 2.87. The molecule has 0 saturated heterocycles. The van der Waals surface area contributed by atoms with E-state index in [2.05, 4.69) is 15.6 Å². The fraction of sp³-hybridized carbons (Fsp3) is 0.125. The van der Waals surface area contributed by atoms with Crippen molar-refractivity contribution in [2.45, 2.75) is 0 Å². The first kappa shape index (κ1) is 19.7. The molecule has 0 unspecified atom stereocenters. The zero-order valence-corrected chi connectivity index (χ0v) is 15.3. The number of rotatable bonds is 5. The molecule has 0 aromatic heterocycles. The van der Waals surface area contributed by atoms with Gasteiger partial charge in [-0.05, 0) is 30.3 Å². The van der Waals surface area contributed by atoms with Crippen molar-refractivity contribution in [2.75, 3.05) is 24.3 Å². The second-order valence-electron chi connectivity index (χ2n) is 4.59. The van der Waals surface area contributed by atoms with Gasteiger partial charge >= 0.3 is 0 Å². The number of carbonyl (C=O) groups excluding carboxylic acids is 1. The number of halogens is 2. The van der Waals surface area contributed by atoms with Gasteiger partial charge in [0, 0.05) is 5.69 Å². The SMILES string of the molecule is COc1ccccc1NC(N)=NCC(=O)Nc1cccc(F)c1.I. The van der Waals surface area contributed by atoms with Gasteiger partial charge in [-0.15, -0.1) is 24.0 Å². The molecule has 2 aromatic carbocycles. The molecule has 0 atom stereocenters. The van der Waals surface area contributed by atoms with Crippen molar-refractivity contribution in [3.8, 4) is 5.75 Å². The Balaban J connectivity index is 0.00000288. The predicted molar refractivity (Wildman–Crippen MR) is 104 cm³/mol. The van der Waals surface area contributed by atoms with Gasteiger partial charge in [-0.3, -0.25) is 4.79 Å². The minimum Gasteiger partial charge on any atom is -0.495 e. The smallest absolute Gasteiger partial charge is 0.246 e. The van der Waals surface area contributed by atoms with Crippen LogP contribution in [0, 0.1) is 5.82 Å². The predicted octanol–water partition coefficient (Wildman–Crippen LogP) is 2.82. The summed E-state index contributed by atoms with van der Waals surface area (Å²) in [6.45, 7) is -0.190. The molecule has 128 valence electrons. The van der Waals surface area contributed by atoms with E-state index < -0.39 is 11.7 Å². The molecule has 0 saturated carbocycles. The van der Waals surface area contributed by atoms with Crippen molar-refractivity contribution in [2.24, 2.45) is 10.7 Å². The van der Waals surface area contributed by atoms with Crippen LogP contribution in [-0.4, -0.2) is 25.5 Å². The molecule has 0 heterocycles. The van der Waals surface area contributed by atoms with Crippen LogP contribution in [0.3, 0.4) is 0 Å². The highest BCUT2D eigenvalue weighted by Gasteiger charge is 2.05. The van der Waals surface area contributed by atoms with Gasteiger partial charge in [0.1, 0.15) is 18.1 Å². The Labute approximate surface area is 156 Å². The molecule has 0 aliphatic rings. The van der Waals surface area contributed by atoms with E-state index in [1.54, 1.807) is 25.3 Å². The fourth-order valence-corrected chi connectivity index (χ4v) is 1.85. The molecule has 2 aromatic rings. The standard InChI is InChI=1S/C16H17FN4O2.HI/c1-23-14-8-3-2-7-13(14)21-16(18)19-10-15(22)20-12-6-4-5-11(17)9-12;/h2-9H,10H2,1H3,(H,20,22)(H3,18,19,21);1H. The van der Waals surface area contributed by atoms with E-state index in [9.17, 15) is 9.18 Å². The number of ether oxygens (including phenoxy) is 1. The second kappa shape index (κ2) is 9.71. The number of hydrogen-bond donors (Lipinski definition) is 3. The third-order valence-electron chi connectivity index (χ3n) is 2.87. The minimum atomic E-state index is -0.427. The van der Waals surface area contributed by atoms with E-state index in [1.165, 1.54) is 18.2 Å². The number of para-hydroxylation sites is 2. The maximum absolute atomic E-state index is 13.0. The highest BCUT2D eigenvalue weighted by Crippen LogP contribution is 2.22. The topological polar surface area (TPSA) is 88.7 Å². The van der Waals surface area contributed by atoms with Gasteiger partial charge in [0.15, 0.2) is 5.96 Å². The number of nitrogens with two attached hydrogens (primary N) is 1. The molecule has 6 nitrogen and oxygen atoms in total. The number of hydrogen-bond acceptors (Lipinski definition) is 3. The van der Waals surface area contributed by atoms with Crippen LogP contribution in [0.25, 0.3) is 0 Å². The number of aliphatic imine (C=N–C) groups is 1. The zero-order chi connectivity index (χ0) is 16.7. The molecule has 0 bridgehead atoms. The largest absolute Gasteiger partial charge is 0.495 e. The van der Waals surface area contributed by atoms with Crippen LogP contribution < -0.4 is 21.1 Å². The summed E-state index contributed by atoms with van der Waals surface area (Å²) in [6.07, 6.45) is 0. The van der Waals surface area contributed by atoms with Crippen molar-refractivity contribution < 1.29 is 13.9 Å². The van der Waals surface area contributed by atoms with E-state index in [0.717, 1.165) is 0 Å². The van der Waals surface area contributed by atoms with Crippen molar-refractivity contribution in [1.29, 1.82) is 0 Å². The lowest BCUT2D eigenvalue weighted by atomic mass is 10.3. The fourth-order valence-electron chi connectivity index (χ4n) is 1.85. The molecule has 0 aliphatic heterocycles. The van der Waals surface area contributed by atoms with Gasteiger partial charge in [0.05, 0.1) is 12.8 Å². The van der Waals surface area contributed by atoms with Crippen LogP contribution >= 0.6 is 24.0 Å². The monoisotopic (exact) mass is 444 g/mol. The molecule has 0 fully saturated rings. The van der Waals surface area contributed by atoms with E-state index in [0.29, 0.717) is 17.1 Å². The number of carbonyl (C=O) groups is 1. The molecule has 4 N–H and O–H groups in total. The number of anilines is 2. The zero-order valence-electron chi connectivity index (χ0n) is 13.0. The number of nitrogens with zero attached hydrogens (tertiary/aromatic N) is 1. The van der Waals surface area contributed by atoms with Gasteiger partial charge in [0.2, 0.25) is 5.91 Å². The van der Waals surface area contributed by atoms with E-state index in [1.807, 2.05) is 12.1 Å². The van der Waals surface area contributed by atoms with Crippen LogP contribution in [0.2, 0.25) is 0 Å². The molecule has 0 radical (unpaired) electrons. The lowest BCUT2D eigenvalue weighted by Crippen LogP contribution is -2.25. The number of guanidine groups is 1. The third kappa shape index (κ3) is 6.03. The van der Waals surface area contributed by atoms with E-state index in [4.69, 9.17) is 10.5 Å². The number of amides is 1. The summed E-state index contributed by atoms with van der Waals surface area (Å²) in [6, 6.07) is 12.8. The van der Waals surface area contributed by atoms with Gasteiger partial charge in [-0.25, -0.2) is 9.38 Å². The summed E-state index contributed by atoms with van der Waals surface area (Å²) in [4.78, 5) is 15.7. The van der Waals surface area contributed by atoms with Crippen molar-refractivity contribution in [3.05, 3.63) is 54.3 Å². The summed E-state index contributed by atoms with van der Waals surface area (Å²) in [7, 11) is 1.54. The van der Waals surface area contributed by atoms with Crippen LogP contribution in [0.4, 0.5) is 15.8 Å². The van der Waals surface area contributed by atoms with Crippen molar-refractivity contribution in [3.63, 3.8) is 0 Å². The molecular formula is C16H18FIN4O2. The highest BCUT2D eigenvalue weighted by atomic mass is 127. The summed E-state index contributed by atoms with van der Waals surface area (Å²) in [5.74, 6) is -0.150. The van der Waals surface area contributed by atoms with Crippen LogP contribution in [-0.2, 0) is 4.79 Å². The van der Waals surface area contributed by atoms with Gasteiger partial charge < -0.3 is 21.1 Å². The van der Waals surface area contributed by atoms with Gasteiger partial charge in [-0.1, -0.05) is 18.2 Å². The molecule has 1 amide bonds. The normalized spacial score (nSPS) is 10.5. The lowest BCUT2D eigenvalue weighted by molar-refractivity contribution is -0.114. The van der Waals surface area contributed by atoms with Crippen LogP contribution in [0.5, 0.6) is 5.75 Å². The Hall–Kier alpha value is -2.36. The molecule has 8 heteroatoms. The van der Waals surface area contributed by atoms with Crippen LogP contribution in [0.1, 0.15) is 0 Å². The lowest BCUT2D eigenvalue weighted by Gasteiger charge is -2.10. The second-order valence-corrected chi connectivity index (χ2v) is 4.59. The summed E-state index contributed by atoms with van der Waals surface area (Å²) >= 11 is 0. The highest BCUT2D eigenvalue weighted by molar-refractivity contribution is 14.0. The quantitative estimate of drug-likeness (QED) is 0.376. The average molecular weight is 444 g/mol. The number of methoxy groups -OCH3 is 1. The van der Waals surface area contributed by atoms with Gasteiger partial charge in [0.25, 0.3) is 0 Å². The summed E-state index contributed by atoms with van der Waals surface area (Å²) < 4.78 is 18.2. The maximum Gasteiger partial charge on any atom is 0.246 e. The molecule has 24 heavy (non-hydrogen) atoms. The van der Waals surface area contributed by atoms with E-state index in [-0.39, 0.29) is 36.5 Å². The van der Waals surface area contributed by atoms with Crippen LogP contribution in [0.15, 0.2) is 53.5 Å². The Morgan fingerprint density at radius 3 is 2.67 bits per heavy atom. The molecule has 0 spiro atoms. The first-order chi connectivity index (χ1) is 11.1. The van der Waals surface area contributed by atoms with Crippen molar-refractivity contribution >= 4 is 47.2 Å². The Bertz CT molecular complexity index is 725. The minimum absolute atomic E-state index is 0. The Morgan fingerprint density at radius 2 is 1.96 bits per heavy atom. The van der Waals surface area contributed by atoms with Gasteiger partial charge in [-0.2, -0.15) is 0 Å². The number of nitrogens with one attached hydrogen (secondary N) is 2. The molecule has 2 rings (SSSR count). The average Bonchev–Trinajstić information content (AvgIpc) is 2.53. The molecular weight excluding hydrogens is 426 g/mol. The Morgan fingerprint density at radius 1 is 1.21 bits per heavy atom. The molecule has 0 aliphatic carbocycles.